The van der Waals surface area contributed by atoms with Crippen LogP contribution in [0.1, 0.15) is 10.4 Å². The van der Waals surface area contributed by atoms with Crippen molar-refractivity contribution in [2.24, 2.45) is 0 Å². The standard InChI is InChI=1S/C15H8FN3O5/c16-11-3-1-8(2-4-11)13-17-14(24-18-13)9-5-10(15(20)21)7-12(6-9)19(22)23/h1-7H,(H,20,21). The van der Waals surface area contributed by atoms with Gasteiger partial charge in [0.05, 0.1) is 10.5 Å². The summed E-state index contributed by atoms with van der Waals surface area (Å²) in [5, 5.41) is 23.7. The summed E-state index contributed by atoms with van der Waals surface area (Å²) in [6.45, 7) is 0. The third-order valence-electron chi connectivity index (χ3n) is 3.15. The molecule has 9 heteroatoms. The Labute approximate surface area is 133 Å². The van der Waals surface area contributed by atoms with E-state index in [1.807, 2.05) is 0 Å². The molecule has 2 aromatic carbocycles. The summed E-state index contributed by atoms with van der Waals surface area (Å²) in [5.41, 5.74) is -0.107. The summed E-state index contributed by atoms with van der Waals surface area (Å²) in [6, 6.07) is 8.59. The SMILES string of the molecule is O=C(O)c1cc(-c2nc(-c3ccc(F)cc3)no2)cc([N+](=O)[O-])c1. The Morgan fingerprint density at radius 1 is 1.17 bits per heavy atom. The molecule has 8 nitrogen and oxygen atoms in total. The van der Waals surface area contributed by atoms with Crippen LogP contribution < -0.4 is 0 Å². The molecule has 120 valence electrons. The highest BCUT2D eigenvalue weighted by molar-refractivity contribution is 5.90. The van der Waals surface area contributed by atoms with Crippen molar-refractivity contribution in [3.63, 3.8) is 0 Å². The number of aromatic nitrogens is 2. The molecule has 1 heterocycles. The third-order valence-corrected chi connectivity index (χ3v) is 3.15. The lowest BCUT2D eigenvalue weighted by Crippen LogP contribution is -1.99. The monoisotopic (exact) mass is 329 g/mol. The zero-order chi connectivity index (χ0) is 17.3. The van der Waals surface area contributed by atoms with E-state index < -0.39 is 22.4 Å². The molecule has 0 atom stereocenters. The normalized spacial score (nSPS) is 10.5. The predicted molar refractivity (Wildman–Crippen MR) is 78.7 cm³/mol. The van der Waals surface area contributed by atoms with Crippen molar-refractivity contribution in [1.82, 2.24) is 10.1 Å². The summed E-state index contributed by atoms with van der Waals surface area (Å²) >= 11 is 0. The minimum atomic E-state index is -1.32. The van der Waals surface area contributed by atoms with E-state index in [1.165, 1.54) is 30.3 Å². The van der Waals surface area contributed by atoms with Crippen molar-refractivity contribution in [2.45, 2.75) is 0 Å². The predicted octanol–water partition coefficient (Wildman–Crippen LogP) is 3.15. The lowest BCUT2D eigenvalue weighted by Gasteiger charge is -1.99. The number of nitrogens with zero attached hydrogens (tertiary/aromatic N) is 3. The Bertz CT molecular complexity index is 904. The van der Waals surface area contributed by atoms with Gasteiger partial charge in [0.2, 0.25) is 5.82 Å². The van der Waals surface area contributed by atoms with E-state index in [4.69, 9.17) is 9.63 Å². The first kappa shape index (κ1) is 15.3. The van der Waals surface area contributed by atoms with E-state index >= 15 is 0 Å². The zero-order valence-electron chi connectivity index (χ0n) is 11.8. The van der Waals surface area contributed by atoms with Crippen LogP contribution >= 0.6 is 0 Å². The topological polar surface area (TPSA) is 119 Å². The minimum Gasteiger partial charge on any atom is -0.478 e. The summed E-state index contributed by atoms with van der Waals surface area (Å²) < 4.78 is 18.0. The van der Waals surface area contributed by atoms with Gasteiger partial charge < -0.3 is 9.63 Å². The van der Waals surface area contributed by atoms with E-state index in [0.717, 1.165) is 12.1 Å². The molecular formula is C15H8FN3O5. The summed E-state index contributed by atoms with van der Waals surface area (Å²) in [5.74, 6) is -1.68. The second kappa shape index (κ2) is 5.88. The minimum absolute atomic E-state index is 0.0828. The number of rotatable bonds is 4. The van der Waals surface area contributed by atoms with Crippen LogP contribution in [-0.4, -0.2) is 26.1 Å². The van der Waals surface area contributed by atoms with Gasteiger partial charge in [-0.1, -0.05) is 5.16 Å². The molecule has 0 fully saturated rings. The van der Waals surface area contributed by atoms with Crippen LogP contribution in [0, 0.1) is 15.9 Å². The molecule has 24 heavy (non-hydrogen) atoms. The van der Waals surface area contributed by atoms with Crippen LogP contribution in [0.2, 0.25) is 0 Å². The van der Waals surface area contributed by atoms with E-state index in [-0.39, 0.29) is 22.8 Å². The van der Waals surface area contributed by atoms with Crippen LogP contribution in [0.25, 0.3) is 22.8 Å². The van der Waals surface area contributed by atoms with Crippen molar-refractivity contribution in [1.29, 1.82) is 0 Å². The van der Waals surface area contributed by atoms with Gasteiger partial charge in [0.15, 0.2) is 0 Å². The molecule has 1 N–H and O–H groups in total. The third kappa shape index (κ3) is 2.95. The molecule has 0 aliphatic carbocycles. The Balaban J connectivity index is 2.04. The number of nitro groups is 1. The van der Waals surface area contributed by atoms with E-state index in [2.05, 4.69) is 10.1 Å². The van der Waals surface area contributed by atoms with E-state index in [9.17, 15) is 19.3 Å². The smallest absolute Gasteiger partial charge is 0.335 e. The van der Waals surface area contributed by atoms with Crippen molar-refractivity contribution in [3.05, 3.63) is 64.0 Å². The largest absolute Gasteiger partial charge is 0.478 e. The van der Waals surface area contributed by atoms with Crippen LogP contribution in [0.15, 0.2) is 47.0 Å². The van der Waals surface area contributed by atoms with E-state index in [0.29, 0.717) is 5.56 Å². The maximum atomic E-state index is 12.9. The fraction of sp³-hybridized carbons (Fsp3) is 0. The van der Waals surface area contributed by atoms with Gasteiger partial charge in [-0.2, -0.15) is 4.98 Å². The van der Waals surface area contributed by atoms with Crippen molar-refractivity contribution < 1.29 is 23.7 Å². The number of carbonyl (C=O) groups is 1. The number of aromatic carboxylic acids is 1. The second-order valence-corrected chi connectivity index (χ2v) is 4.76. The second-order valence-electron chi connectivity index (χ2n) is 4.76. The molecule has 0 bridgehead atoms. The van der Waals surface area contributed by atoms with Gasteiger partial charge in [0.1, 0.15) is 5.82 Å². The molecule has 0 saturated heterocycles. The number of halogens is 1. The molecule has 0 unspecified atom stereocenters. The fourth-order valence-electron chi connectivity index (χ4n) is 2.02. The molecule has 3 rings (SSSR count). The molecule has 0 aliphatic heterocycles. The summed E-state index contributed by atoms with van der Waals surface area (Å²) in [7, 11) is 0. The fourth-order valence-corrected chi connectivity index (χ4v) is 2.02. The lowest BCUT2D eigenvalue weighted by molar-refractivity contribution is -0.384. The van der Waals surface area contributed by atoms with Crippen molar-refractivity contribution >= 4 is 11.7 Å². The van der Waals surface area contributed by atoms with Crippen LogP contribution in [0.3, 0.4) is 0 Å². The summed E-state index contributed by atoms with van der Waals surface area (Å²) in [4.78, 5) is 25.4. The maximum Gasteiger partial charge on any atom is 0.335 e. The number of benzene rings is 2. The number of hydrogen-bond donors (Lipinski definition) is 1. The van der Waals surface area contributed by atoms with Crippen LogP contribution in [-0.2, 0) is 0 Å². The first-order valence-electron chi connectivity index (χ1n) is 6.57. The Morgan fingerprint density at radius 2 is 1.88 bits per heavy atom. The number of carboxylic acids is 1. The van der Waals surface area contributed by atoms with Gasteiger partial charge >= 0.3 is 5.97 Å². The number of carboxylic acid groups (broad SMARTS) is 1. The van der Waals surface area contributed by atoms with Gasteiger partial charge in [-0.25, -0.2) is 9.18 Å². The van der Waals surface area contributed by atoms with Crippen LogP contribution in [0.4, 0.5) is 10.1 Å². The number of hydrogen-bond acceptors (Lipinski definition) is 6. The molecule has 0 amide bonds. The Hall–Kier alpha value is -3.62. The molecule has 3 aromatic rings. The lowest BCUT2D eigenvalue weighted by atomic mass is 10.1. The van der Waals surface area contributed by atoms with Crippen molar-refractivity contribution in [3.8, 4) is 22.8 Å². The first-order chi connectivity index (χ1) is 11.4. The molecule has 1 aromatic heterocycles. The highest BCUT2D eigenvalue weighted by atomic mass is 19.1. The maximum absolute atomic E-state index is 12.9. The first-order valence-corrected chi connectivity index (χ1v) is 6.57. The van der Waals surface area contributed by atoms with Gasteiger partial charge in [0, 0.05) is 23.3 Å². The molecule has 0 aliphatic rings. The molecule has 0 radical (unpaired) electrons. The number of non-ortho nitro benzene ring substituents is 1. The van der Waals surface area contributed by atoms with Crippen LogP contribution in [0.5, 0.6) is 0 Å². The van der Waals surface area contributed by atoms with Gasteiger partial charge in [0.25, 0.3) is 11.6 Å². The molecular weight excluding hydrogens is 321 g/mol. The quantitative estimate of drug-likeness (QED) is 0.576. The highest BCUT2D eigenvalue weighted by Gasteiger charge is 2.18. The Kier molecular flexibility index (Phi) is 3.74. The van der Waals surface area contributed by atoms with E-state index in [1.54, 1.807) is 0 Å². The highest BCUT2D eigenvalue weighted by Crippen LogP contribution is 2.27. The van der Waals surface area contributed by atoms with Crippen molar-refractivity contribution in [2.75, 3.05) is 0 Å². The zero-order valence-corrected chi connectivity index (χ0v) is 11.8. The molecule has 0 saturated carbocycles. The van der Waals surface area contributed by atoms with Gasteiger partial charge in [-0.15, -0.1) is 0 Å². The average Bonchev–Trinajstić information content (AvgIpc) is 3.05. The average molecular weight is 329 g/mol. The van der Waals surface area contributed by atoms with Gasteiger partial charge in [-0.05, 0) is 30.3 Å². The molecule has 0 spiro atoms. The number of nitro benzene ring substituents is 1. The van der Waals surface area contributed by atoms with Gasteiger partial charge in [-0.3, -0.25) is 10.1 Å². The Morgan fingerprint density at radius 3 is 2.50 bits per heavy atom. The summed E-state index contributed by atoms with van der Waals surface area (Å²) in [6.07, 6.45) is 0.